The molecule has 2 nitrogen and oxygen atoms in total. The Labute approximate surface area is 57.5 Å². The Bertz CT molecular complexity index is 64.8. The van der Waals surface area contributed by atoms with Gasteiger partial charge in [0.15, 0.2) is 0 Å². The van der Waals surface area contributed by atoms with Crippen LogP contribution in [0.3, 0.4) is 0 Å². The Kier molecular flexibility index (Phi) is 5.66. The second kappa shape index (κ2) is 5.45. The fraction of sp³-hybridized carbons (Fsp3) is 0.800. The molecule has 0 saturated heterocycles. The van der Waals surface area contributed by atoms with Crippen molar-refractivity contribution in [1.82, 2.24) is 0 Å². The van der Waals surface area contributed by atoms with E-state index >= 15 is 0 Å². The van der Waals surface area contributed by atoms with Crippen molar-refractivity contribution < 1.29 is 25.0 Å². The fourth-order valence-corrected chi connectivity index (χ4v) is 0.580. The summed E-state index contributed by atoms with van der Waals surface area (Å²) in [6.07, 6.45) is 0. The number of ether oxygens (including phenoxy) is 2. The van der Waals surface area contributed by atoms with Gasteiger partial charge in [0.05, 0.1) is 0 Å². The summed E-state index contributed by atoms with van der Waals surface area (Å²) in [6, 6.07) is 0. The molecule has 0 N–H and O–H groups in total. The third-order valence-electron chi connectivity index (χ3n) is 0.509. The van der Waals surface area contributed by atoms with E-state index in [2.05, 4.69) is 15.6 Å². The third-order valence-corrected chi connectivity index (χ3v) is 0.827. The second-order valence-corrected chi connectivity index (χ2v) is 1.54. The first-order valence-corrected chi connectivity index (χ1v) is 3.13. The quantitative estimate of drug-likeness (QED) is 0.560. The molecule has 0 unspecified atom stereocenters. The van der Waals surface area contributed by atoms with Crippen molar-refractivity contribution in [2.45, 2.75) is 13.8 Å². The van der Waals surface area contributed by atoms with Crippen molar-refractivity contribution in [1.29, 1.82) is 0 Å². The third kappa shape index (κ3) is 4.47. The summed E-state index contributed by atoms with van der Waals surface area (Å²) in [7, 11) is 0. The summed E-state index contributed by atoms with van der Waals surface area (Å²) in [6.45, 7) is 5.03. The zero-order valence-electron chi connectivity index (χ0n) is 5.08. The Morgan fingerprint density at radius 3 is 1.88 bits per heavy atom. The van der Waals surface area contributed by atoms with Crippen LogP contribution in [0.25, 0.3) is 0 Å². The predicted octanol–water partition coefficient (Wildman–Crippen LogP) is 0.694. The number of rotatable bonds is 4. The van der Waals surface area contributed by atoms with E-state index in [9.17, 15) is 0 Å². The molecule has 0 bridgehead atoms. The van der Waals surface area contributed by atoms with Crippen molar-refractivity contribution in [3.05, 3.63) is 0 Å². The van der Waals surface area contributed by atoms with E-state index in [1.807, 2.05) is 13.8 Å². The van der Waals surface area contributed by atoms with E-state index in [4.69, 9.17) is 9.47 Å². The molecule has 49 valence electrons. The topological polar surface area (TPSA) is 18.5 Å². The molecule has 0 saturated carbocycles. The molecule has 0 heterocycles. The van der Waals surface area contributed by atoms with Gasteiger partial charge in [0.25, 0.3) is 0 Å². The molecule has 8 heavy (non-hydrogen) atoms. The zero-order chi connectivity index (χ0) is 6.41. The van der Waals surface area contributed by atoms with Gasteiger partial charge in [0, 0.05) is 0 Å². The molecule has 0 radical (unpaired) electrons. The number of hydrogen-bond donors (Lipinski definition) is 0. The Hall–Kier alpha value is 0.309. The maximum atomic E-state index is 4.87. The van der Waals surface area contributed by atoms with Gasteiger partial charge < -0.3 is 0 Å². The van der Waals surface area contributed by atoms with Gasteiger partial charge >= 0.3 is 56.9 Å². The Balaban J connectivity index is 3.06. The second-order valence-electron chi connectivity index (χ2n) is 1.09. The first-order valence-electron chi connectivity index (χ1n) is 2.58. The minimum absolute atomic E-state index is 0.412. The summed E-state index contributed by atoms with van der Waals surface area (Å²) < 4.78 is 9.73. The van der Waals surface area contributed by atoms with Crippen LogP contribution in [0.2, 0.25) is 0 Å². The van der Waals surface area contributed by atoms with Crippen molar-refractivity contribution >= 4 is 4.79 Å². The molecule has 0 atom stereocenters. The first-order chi connectivity index (χ1) is 3.81. The average molecular weight is 158 g/mol. The van der Waals surface area contributed by atoms with Gasteiger partial charge in [-0.05, 0) is 0 Å². The first kappa shape index (κ1) is 8.31. The van der Waals surface area contributed by atoms with Crippen LogP contribution in [0.4, 0.5) is 0 Å². The van der Waals surface area contributed by atoms with Crippen molar-refractivity contribution in [2.75, 3.05) is 13.2 Å². The van der Waals surface area contributed by atoms with Gasteiger partial charge in [0.2, 0.25) is 0 Å². The van der Waals surface area contributed by atoms with Crippen LogP contribution < -0.4 is 0 Å². The van der Waals surface area contributed by atoms with Crippen LogP contribution in [0.5, 0.6) is 0 Å². The van der Waals surface area contributed by atoms with Crippen molar-refractivity contribution in [3.8, 4) is 0 Å². The van der Waals surface area contributed by atoms with Crippen LogP contribution in [0.1, 0.15) is 13.8 Å². The molecule has 0 rings (SSSR count). The SMILES string of the molecule is CCO[C](=[Fe+])OCC. The molecule has 0 aromatic carbocycles. The van der Waals surface area contributed by atoms with Gasteiger partial charge in [-0.15, -0.1) is 0 Å². The molecule has 0 fully saturated rings. The Morgan fingerprint density at radius 1 is 1.25 bits per heavy atom. The van der Waals surface area contributed by atoms with Crippen molar-refractivity contribution in [3.63, 3.8) is 0 Å². The summed E-state index contributed by atoms with van der Waals surface area (Å²) >= 11 is 3.49. The van der Waals surface area contributed by atoms with E-state index < -0.39 is 0 Å². The molecule has 3 heteroatoms. The molecular formula is C5H10FeO2+. The van der Waals surface area contributed by atoms with E-state index in [0.29, 0.717) is 18.0 Å². The van der Waals surface area contributed by atoms with Crippen LogP contribution in [0, 0.1) is 0 Å². The Morgan fingerprint density at radius 2 is 1.62 bits per heavy atom. The van der Waals surface area contributed by atoms with Crippen molar-refractivity contribution in [2.24, 2.45) is 0 Å². The normalized spacial score (nSPS) is 9.25. The van der Waals surface area contributed by atoms with Gasteiger partial charge in [-0.25, -0.2) is 0 Å². The molecule has 0 aromatic rings. The predicted molar refractivity (Wildman–Crippen MR) is 28.3 cm³/mol. The number of hydrogen-bond acceptors (Lipinski definition) is 2. The molecule has 0 aliphatic rings. The van der Waals surface area contributed by atoms with Crippen LogP contribution in [-0.4, -0.2) is 18.0 Å². The van der Waals surface area contributed by atoms with E-state index in [1.54, 1.807) is 0 Å². The molecule has 0 aromatic heterocycles. The minimum atomic E-state index is 0.412. The summed E-state index contributed by atoms with van der Waals surface area (Å²) in [5, 5.41) is 0. The van der Waals surface area contributed by atoms with Crippen LogP contribution in [0.15, 0.2) is 0 Å². The van der Waals surface area contributed by atoms with E-state index in [-0.39, 0.29) is 0 Å². The molecule has 0 aliphatic carbocycles. The van der Waals surface area contributed by atoms with Gasteiger partial charge in [-0.2, -0.15) is 0 Å². The van der Waals surface area contributed by atoms with E-state index in [1.165, 1.54) is 0 Å². The molecule has 0 spiro atoms. The standard InChI is InChI=1S/C5H10O2.Fe/c1-3-6-5-7-4-2;/h3-4H2,1-2H3;/q;+1. The average Bonchev–Trinajstić information content (AvgIpc) is 1.68. The van der Waals surface area contributed by atoms with Gasteiger partial charge in [-0.3, -0.25) is 0 Å². The monoisotopic (exact) mass is 158 g/mol. The molecule has 0 aliphatic heterocycles. The van der Waals surface area contributed by atoms with Gasteiger partial charge in [0.1, 0.15) is 0 Å². The fourth-order valence-electron chi connectivity index (χ4n) is 0.262. The van der Waals surface area contributed by atoms with Crippen LogP contribution in [-0.2, 0) is 25.0 Å². The maximum absolute atomic E-state index is 4.87. The summed E-state index contributed by atoms with van der Waals surface area (Å²) in [4.78, 5) is 0.412. The van der Waals surface area contributed by atoms with E-state index in [0.717, 1.165) is 0 Å². The molecule has 0 amide bonds. The molecular weight excluding hydrogens is 148 g/mol. The van der Waals surface area contributed by atoms with Crippen LogP contribution >= 0.6 is 0 Å². The summed E-state index contributed by atoms with van der Waals surface area (Å²) in [5.74, 6) is 0. The zero-order valence-corrected chi connectivity index (χ0v) is 6.19. The van der Waals surface area contributed by atoms with Gasteiger partial charge in [-0.1, -0.05) is 0 Å². The summed E-state index contributed by atoms with van der Waals surface area (Å²) in [5.41, 5.74) is 0.